The molecule has 0 bridgehead atoms. The van der Waals surface area contributed by atoms with Gasteiger partial charge in [-0.1, -0.05) is 19.8 Å². The van der Waals surface area contributed by atoms with E-state index in [0.717, 1.165) is 6.42 Å². The van der Waals surface area contributed by atoms with Gasteiger partial charge in [-0.2, -0.15) is 0 Å². The van der Waals surface area contributed by atoms with E-state index in [4.69, 9.17) is 4.74 Å². The van der Waals surface area contributed by atoms with Crippen molar-refractivity contribution >= 4 is 11.6 Å². The molecule has 0 unspecified atom stereocenters. The lowest BCUT2D eigenvalue weighted by Gasteiger charge is -2.28. The van der Waals surface area contributed by atoms with E-state index in [0.29, 0.717) is 36.5 Å². The van der Waals surface area contributed by atoms with Gasteiger partial charge in [0.1, 0.15) is 0 Å². The van der Waals surface area contributed by atoms with Crippen LogP contribution in [0.1, 0.15) is 43.1 Å². The molecule has 1 fully saturated rings. The topological polar surface area (TPSA) is 68.5 Å². The van der Waals surface area contributed by atoms with E-state index in [1.165, 1.54) is 19.3 Å². The summed E-state index contributed by atoms with van der Waals surface area (Å²) in [6, 6.07) is 0. The Bertz CT molecular complexity index is 640. The third kappa shape index (κ3) is 3.27. The summed E-state index contributed by atoms with van der Waals surface area (Å²) in [7, 11) is 0. The Morgan fingerprint density at radius 1 is 1.32 bits per heavy atom. The van der Waals surface area contributed by atoms with Gasteiger partial charge >= 0.3 is 0 Å². The highest BCUT2D eigenvalue weighted by atomic mass is 16.5. The van der Waals surface area contributed by atoms with Crippen LogP contribution in [-0.2, 0) is 4.74 Å². The zero-order valence-corrected chi connectivity index (χ0v) is 12.9. The molecule has 2 heterocycles. The molecule has 2 atom stereocenters. The molecule has 0 radical (unpaired) electrons. The minimum Gasteiger partial charge on any atom is -0.376 e. The quantitative estimate of drug-likeness (QED) is 0.858. The lowest BCUT2D eigenvalue weighted by Crippen LogP contribution is -2.32. The Morgan fingerprint density at radius 2 is 2.09 bits per heavy atom. The maximum Gasteiger partial charge on any atom is 0.273 e. The lowest BCUT2D eigenvalue weighted by molar-refractivity contribution is -0.00294. The number of nitrogens with one attached hydrogen (secondary N) is 1. The second kappa shape index (κ2) is 6.87. The SMILES string of the molecule is C[C@@H]1CCCC[C@@H]1OCCNC(=O)c1nccn2ccnc12. The van der Waals surface area contributed by atoms with Crippen LogP contribution < -0.4 is 5.32 Å². The highest BCUT2D eigenvalue weighted by molar-refractivity contribution is 5.97. The van der Waals surface area contributed by atoms with Crippen molar-refractivity contribution in [3.63, 3.8) is 0 Å². The average molecular weight is 302 g/mol. The predicted molar refractivity (Wildman–Crippen MR) is 82.7 cm³/mol. The van der Waals surface area contributed by atoms with E-state index in [-0.39, 0.29) is 5.91 Å². The predicted octanol–water partition coefficient (Wildman–Crippen LogP) is 2.05. The zero-order chi connectivity index (χ0) is 15.4. The monoisotopic (exact) mass is 302 g/mol. The van der Waals surface area contributed by atoms with Crippen molar-refractivity contribution in [1.82, 2.24) is 19.7 Å². The Kier molecular flexibility index (Phi) is 4.68. The van der Waals surface area contributed by atoms with E-state index >= 15 is 0 Å². The van der Waals surface area contributed by atoms with Crippen molar-refractivity contribution in [3.8, 4) is 0 Å². The lowest BCUT2D eigenvalue weighted by atomic mass is 9.88. The number of hydrogen-bond donors (Lipinski definition) is 1. The van der Waals surface area contributed by atoms with Crippen molar-refractivity contribution in [2.45, 2.75) is 38.7 Å². The second-order valence-electron chi connectivity index (χ2n) is 5.86. The molecule has 22 heavy (non-hydrogen) atoms. The van der Waals surface area contributed by atoms with Crippen LogP contribution in [0.25, 0.3) is 5.65 Å². The zero-order valence-electron chi connectivity index (χ0n) is 12.9. The van der Waals surface area contributed by atoms with Crippen molar-refractivity contribution in [2.75, 3.05) is 13.2 Å². The largest absolute Gasteiger partial charge is 0.376 e. The normalized spacial score (nSPS) is 21.9. The first-order valence-electron chi connectivity index (χ1n) is 7.93. The van der Waals surface area contributed by atoms with Crippen LogP contribution in [0.2, 0.25) is 0 Å². The molecule has 1 saturated carbocycles. The molecule has 3 rings (SSSR count). The molecule has 2 aromatic heterocycles. The smallest absolute Gasteiger partial charge is 0.273 e. The molecular weight excluding hydrogens is 280 g/mol. The molecule has 0 spiro atoms. The Balaban J connectivity index is 1.49. The summed E-state index contributed by atoms with van der Waals surface area (Å²) in [5, 5.41) is 2.86. The number of fused-ring (bicyclic) bond motifs is 1. The number of ether oxygens (including phenoxy) is 1. The maximum atomic E-state index is 12.2. The van der Waals surface area contributed by atoms with Gasteiger partial charge in [0.25, 0.3) is 5.91 Å². The minimum atomic E-state index is -0.211. The first kappa shape index (κ1) is 15.0. The molecule has 6 nitrogen and oxygen atoms in total. The Morgan fingerprint density at radius 3 is 2.91 bits per heavy atom. The highest BCUT2D eigenvalue weighted by Crippen LogP contribution is 2.25. The second-order valence-corrected chi connectivity index (χ2v) is 5.86. The molecule has 1 N–H and O–H groups in total. The average Bonchev–Trinajstić information content (AvgIpc) is 3.01. The Hall–Kier alpha value is -1.95. The fourth-order valence-electron chi connectivity index (χ4n) is 3.00. The molecule has 1 aliphatic rings. The van der Waals surface area contributed by atoms with E-state index in [9.17, 15) is 4.79 Å². The summed E-state index contributed by atoms with van der Waals surface area (Å²) in [6.07, 6.45) is 12.1. The molecule has 118 valence electrons. The minimum absolute atomic E-state index is 0.211. The fourth-order valence-corrected chi connectivity index (χ4v) is 3.00. The van der Waals surface area contributed by atoms with Gasteiger partial charge in [-0.05, 0) is 18.8 Å². The van der Waals surface area contributed by atoms with Gasteiger partial charge in [0.2, 0.25) is 0 Å². The number of nitrogens with zero attached hydrogens (tertiary/aromatic N) is 3. The number of imidazole rings is 1. The van der Waals surface area contributed by atoms with Gasteiger partial charge in [0, 0.05) is 31.3 Å². The highest BCUT2D eigenvalue weighted by Gasteiger charge is 2.21. The van der Waals surface area contributed by atoms with Gasteiger partial charge in [0.15, 0.2) is 11.3 Å². The first-order valence-corrected chi connectivity index (χ1v) is 7.93. The van der Waals surface area contributed by atoms with E-state index in [1.54, 1.807) is 29.2 Å². The molecule has 6 heteroatoms. The number of rotatable bonds is 5. The summed E-state index contributed by atoms with van der Waals surface area (Å²) < 4.78 is 7.68. The molecule has 0 saturated heterocycles. The van der Waals surface area contributed by atoms with Crippen LogP contribution in [0.4, 0.5) is 0 Å². The van der Waals surface area contributed by atoms with Crippen molar-refractivity contribution in [1.29, 1.82) is 0 Å². The van der Waals surface area contributed by atoms with Gasteiger partial charge in [0.05, 0.1) is 12.7 Å². The first-order chi connectivity index (χ1) is 10.8. The van der Waals surface area contributed by atoms with Gasteiger partial charge in [-0.15, -0.1) is 0 Å². The molecule has 1 aliphatic carbocycles. The summed E-state index contributed by atoms with van der Waals surface area (Å²) >= 11 is 0. The molecule has 2 aromatic rings. The molecule has 0 aliphatic heterocycles. The Labute approximate surface area is 129 Å². The molecule has 1 amide bonds. The van der Waals surface area contributed by atoms with Crippen LogP contribution in [0, 0.1) is 5.92 Å². The van der Waals surface area contributed by atoms with E-state index in [2.05, 4.69) is 22.2 Å². The number of hydrogen-bond acceptors (Lipinski definition) is 4. The molecule has 0 aromatic carbocycles. The van der Waals surface area contributed by atoms with Gasteiger partial charge in [-0.3, -0.25) is 4.79 Å². The number of amides is 1. The van der Waals surface area contributed by atoms with E-state index in [1.807, 2.05) is 0 Å². The number of aromatic nitrogens is 3. The van der Waals surface area contributed by atoms with Crippen LogP contribution in [0.15, 0.2) is 24.8 Å². The summed E-state index contributed by atoms with van der Waals surface area (Å²) in [5.74, 6) is 0.405. The van der Waals surface area contributed by atoms with Gasteiger partial charge in [-0.25, -0.2) is 9.97 Å². The number of carbonyl (C=O) groups is 1. The fraction of sp³-hybridized carbons (Fsp3) is 0.562. The van der Waals surface area contributed by atoms with Crippen LogP contribution >= 0.6 is 0 Å². The van der Waals surface area contributed by atoms with Crippen molar-refractivity contribution in [2.24, 2.45) is 5.92 Å². The number of carbonyl (C=O) groups excluding carboxylic acids is 1. The van der Waals surface area contributed by atoms with Crippen LogP contribution in [-0.4, -0.2) is 39.5 Å². The standard InChI is InChI=1S/C16H22N4O2/c1-12-4-2-3-5-13(12)22-11-8-19-16(21)14-15-18-7-10-20(15)9-6-17-14/h6-7,9-10,12-13H,2-5,8,11H2,1H3,(H,19,21)/t12-,13+/m1/s1. The van der Waals surface area contributed by atoms with Crippen molar-refractivity contribution < 1.29 is 9.53 Å². The van der Waals surface area contributed by atoms with Gasteiger partial charge < -0.3 is 14.5 Å². The summed E-state index contributed by atoms with van der Waals surface area (Å²) in [4.78, 5) is 20.5. The van der Waals surface area contributed by atoms with Crippen LogP contribution in [0.3, 0.4) is 0 Å². The van der Waals surface area contributed by atoms with E-state index < -0.39 is 0 Å². The van der Waals surface area contributed by atoms with Crippen LogP contribution in [0.5, 0.6) is 0 Å². The third-order valence-electron chi connectivity index (χ3n) is 4.28. The molecular formula is C16H22N4O2. The summed E-state index contributed by atoms with van der Waals surface area (Å²) in [5.41, 5.74) is 0.917. The maximum absolute atomic E-state index is 12.2. The van der Waals surface area contributed by atoms with Crippen molar-refractivity contribution in [3.05, 3.63) is 30.5 Å². The summed E-state index contributed by atoms with van der Waals surface area (Å²) in [6.45, 7) is 3.27. The third-order valence-corrected chi connectivity index (χ3v) is 4.28.